The molecule has 16 heavy (non-hydrogen) atoms. The van der Waals surface area contributed by atoms with Gasteiger partial charge in [-0.15, -0.1) is 0 Å². The molecule has 0 bridgehead atoms. The van der Waals surface area contributed by atoms with E-state index in [-0.39, 0.29) is 0 Å². The van der Waals surface area contributed by atoms with Crippen LogP contribution >= 0.6 is 0 Å². The van der Waals surface area contributed by atoms with Crippen LogP contribution in [0.3, 0.4) is 0 Å². The Bertz CT molecular complexity index is 204. The summed E-state index contributed by atoms with van der Waals surface area (Å²) in [4.78, 5) is 0. The van der Waals surface area contributed by atoms with E-state index in [0.717, 1.165) is 26.4 Å². The van der Waals surface area contributed by atoms with Crippen molar-refractivity contribution in [2.24, 2.45) is 11.8 Å². The topological polar surface area (TPSA) is 30.5 Å². The Morgan fingerprint density at radius 1 is 1.31 bits per heavy atom. The van der Waals surface area contributed by atoms with Crippen LogP contribution in [0.1, 0.15) is 33.1 Å². The molecule has 3 heteroatoms. The molecule has 1 N–H and O–H groups in total. The monoisotopic (exact) mass is 227 g/mol. The number of rotatable bonds is 5. The van der Waals surface area contributed by atoms with Gasteiger partial charge in [0.2, 0.25) is 0 Å². The normalized spacial score (nSPS) is 36.8. The van der Waals surface area contributed by atoms with E-state index in [0.29, 0.717) is 24.0 Å². The van der Waals surface area contributed by atoms with Crippen LogP contribution in [0.4, 0.5) is 0 Å². The van der Waals surface area contributed by atoms with E-state index >= 15 is 0 Å². The first kappa shape index (κ1) is 12.3. The van der Waals surface area contributed by atoms with Crippen molar-refractivity contribution in [3.05, 3.63) is 0 Å². The summed E-state index contributed by atoms with van der Waals surface area (Å²) in [6, 6.07) is 0.500. The maximum absolute atomic E-state index is 5.92. The zero-order chi connectivity index (χ0) is 11.4. The van der Waals surface area contributed by atoms with Crippen molar-refractivity contribution in [3.8, 4) is 0 Å². The van der Waals surface area contributed by atoms with E-state index in [4.69, 9.17) is 9.47 Å². The van der Waals surface area contributed by atoms with Crippen molar-refractivity contribution in [3.63, 3.8) is 0 Å². The molecular formula is C13H25NO2. The summed E-state index contributed by atoms with van der Waals surface area (Å²) in [7, 11) is 0. The number of hydrogen-bond acceptors (Lipinski definition) is 3. The molecule has 0 aromatic rings. The minimum absolute atomic E-state index is 0.401. The Balaban J connectivity index is 1.95. The number of ether oxygens (including phenoxy) is 2. The molecule has 2 fully saturated rings. The fourth-order valence-corrected chi connectivity index (χ4v) is 2.87. The summed E-state index contributed by atoms with van der Waals surface area (Å²) in [5, 5.41) is 3.68. The third-order valence-corrected chi connectivity index (χ3v) is 3.90. The fourth-order valence-electron chi connectivity index (χ4n) is 2.87. The molecule has 2 aliphatic rings. The van der Waals surface area contributed by atoms with Crippen molar-refractivity contribution in [1.82, 2.24) is 5.32 Å². The van der Waals surface area contributed by atoms with Gasteiger partial charge in [0.25, 0.3) is 0 Å². The molecule has 2 saturated heterocycles. The molecule has 4 atom stereocenters. The fraction of sp³-hybridized carbons (Fsp3) is 1.00. The zero-order valence-corrected chi connectivity index (χ0v) is 10.6. The second-order valence-electron chi connectivity index (χ2n) is 5.20. The van der Waals surface area contributed by atoms with Gasteiger partial charge in [0.15, 0.2) is 0 Å². The molecule has 2 heterocycles. The van der Waals surface area contributed by atoms with E-state index in [2.05, 4.69) is 19.2 Å². The largest absolute Gasteiger partial charge is 0.381 e. The van der Waals surface area contributed by atoms with Crippen LogP contribution in [0, 0.1) is 11.8 Å². The lowest BCUT2D eigenvalue weighted by molar-refractivity contribution is 0.0377. The van der Waals surface area contributed by atoms with Crippen LogP contribution in [-0.4, -0.2) is 38.5 Å². The van der Waals surface area contributed by atoms with Gasteiger partial charge in [-0.05, 0) is 31.7 Å². The van der Waals surface area contributed by atoms with Crippen LogP contribution in [0.25, 0.3) is 0 Å². The molecule has 0 saturated carbocycles. The Hall–Kier alpha value is -0.120. The minimum atomic E-state index is 0.401. The Labute approximate surface area is 98.9 Å². The molecule has 0 amide bonds. The van der Waals surface area contributed by atoms with Crippen molar-refractivity contribution in [1.29, 1.82) is 0 Å². The molecule has 0 aromatic heterocycles. The molecular weight excluding hydrogens is 202 g/mol. The van der Waals surface area contributed by atoms with Gasteiger partial charge in [0.05, 0.1) is 12.7 Å². The van der Waals surface area contributed by atoms with Crippen molar-refractivity contribution in [2.45, 2.75) is 45.3 Å². The highest BCUT2D eigenvalue weighted by molar-refractivity contribution is 4.90. The molecule has 2 aliphatic heterocycles. The summed E-state index contributed by atoms with van der Waals surface area (Å²) in [5.41, 5.74) is 0. The highest BCUT2D eigenvalue weighted by Gasteiger charge is 2.37. The number of nitrogens with one attached hydrogen (secondary N) is 1. The summed E-state index contributed by atoms with van der Waals surface area (Å²) >= 11 is 0. The summed E-state index contributed by atoms with van der Waals surface area (Å²) < 4.78 is 11.4. The quantitative estimate of drug-likeness (QED) is 0.777. The predicted molar refractivity (Wildman–Crippen MR) is 64.5 cm³/mol. The van der Waals surface area contributed by atoms with Crippen LogP contribution in [-0.2, 0) is 9.47 Å². The molecule has 3 nitrogen and oxygen atoms in total. The Morgan fingerprint density at radius 2 is 2.19 bits per heavy atom. The lowest BCUT2D eigenvalue weighted by atomic mass is 9.88. The summed E-state index contributed by atoms with van der Waals surface area (Å²) in [6.45, 7) is 8.39. The summed E-state index contributed by atoms with van der Waals surface area (Å²) in [6.07, 6.45) is 3.99. The standard InChI is InChI=1S/C13H25NO2/c1-3-6-14-12(11-5-7-15-9-11)13-10(2)4-8-16-13/h10-14H,3-9H2,1-2H3. The van der Waals surface area contributed by atoms with Crippen LogP contribution in [0.15, 0.2) is 0 Å². The molecule has 0 radical (unpaired) electrons. The highest BCUT2D eigenvalue weighted by atomic mass is 16.5. The lowest BCUT2D eigenvalue weighted by Crippen LogP contribution is -2.48. The van der Waals surface area contributed by atoms with Gasteiger partial charge >= 0.3 is 0 Å². The van der Waals surface area contributed by atoms with Gasteiger partial charge in [-0.2, -0.15) is 0 Å². The van der Waals surface area contributed by atoms with Crippen molar-refractivity contribution >= 4 is 0 Å². The molecule has 4 unspecified atom stereocenters. The zero-order valence-electron chi connectivity index (χ0n) is 10.6. The van der Waals surface area contributed by atoms with Crippen LogP contribution in [0.2, 0.25) is 0 Å². The van der Waals surface area contributed by atoms with Crippen molar-refractivity contribution < 1.29 is 9.47 Å². The van der Waals surface area contributed by atoms with E-state index in [9.17, 15) is 0 Å². The second-order valence-corrected chi connectivity index (χ2v) is 5.20. The smallest absolute Gasteiger partial charge is 0.0757 e. The lowest BCUT2D eigenvalue weighted by Gasteiger charge is -2.31. The van der Waals surface area contributed by atoms with Gasteiger partial charge in [-0.1, -0.05) is 13.8 Å². The van der Waals surface area contributed by atoms with Crippen LogP contribution < -0.4 is 5.32 Å². The maximum atomic E-state index is 5.92. The first-order valence-corrected chi connectivity index (χ1v) is 6.75. The van der Waals surface area contributed by atoms with E-state index in [1.165, 1.54) is 19.3 Å². The second kappa shape index (κ2) is 5.99. The molecule has 94 valence electrons. The highest BCUT2D eigenvalue weighted by Crippen LogP contribution is 2.29. The third kappa shape index (κ3) is 2.76. The predicted octanol–water partition coefficient (Wildman–Crippen LogP) is 1.82. The average molecular weight is 227 g/mol. The van der Waals surface area contributed by atoms with Gasteiger partial charge in [0.1, 0.15) is 0 Å². The van der Waals surface area contributed by atoms with Crippen LogP contribution in [0.5, 0.6) is 0 Å². The van der Waals surface area contributed by atoms with E-state index < -0.39 is 0 Å². The van der Waals surface area contributed by atoms with E-state index in [1.807, 2.05) is 0 Å². The van der Waals surface area contributed by atoms with E-state index in [1.54, 1.807) is 0 Å². The Kier molecular flexibility index (Phi) is 4.62. The van der Waals surface area contributed by atoms with Gasteiger partial charge in [-0.3, -0.25) is 0 Å². The summed E-state index contributed by atoms with van der Waals surface area (Å²) in [5.74, 6) is 1.34. The molecule has 0 aromatic carbocycles. The van der Waals surface area contributed by atoms with Gasteiger partial charge in [-0.25, -0.2) is 0 Å². The molecule has 0 spiro atoms. The van der Waals surface area contributed by atoms with Gasteiger partial charge in [0, 0.05) is 25.2 Å². The Morgan fingerprint density at radius 3 is 2.75 bits per heavy atom. The van der Waals surface area contributed by atoms with Gasteiger partial charge < -0.3 is 14.8 Å². The minimum Gasteiger partial charge on any atom is -0.381 e. The molecule has 2 rings (SSSR count). The SMILES string of the molecule is CCCNC(C1CCOC1)C1OCCC1C. The maximum Gasteiger partial charge on any atom is 0.0757 e. The molecule has 0 aliphatic carbocycles. The van der Waals surface area contributed by atoms with Crippen molar-refractivity contribution in [2.75, 3.05) is 26.4 Å². The third-order valence-electron chi connectivity index (χ3n) is 3.90. The first-order valence-electron chi connectivity index (χ1n) is 6.75. The number of hydrogen-bond donors (Lipinski definition) is 1. The average Bonchev–Trinajstić information content (AvgIpc) is 2.91. The first-order chi connectivity index (χ1) is 7.83.